The third-order valence-electron chi connectivity index (χ3n) is 4.16. The van der Waals surface area contributed by atoms with Crippen molar-refractivity contribution in [3.63, 3.8) is 0 Å². The number of aryl methyl sites for hydroxylation is 2. The van der Waals surface area contributed by atoms with E-state index in [4.69, 9.17) is 4.74 Å². The molecular formula is C19H22NO. The van der Waals surface area contributed by atoms with Crippen LogP contribution < -0.4 is 9.64 Å². The van der Waals surface area contributed by atoms with E-state index in [0.717, 1.165) is 18.6 Å². The van der Waals surface area contributed by atoms with Crippen molar-refractivity contribution in [2.75, 3.05) is 25.1 Å². The van der Waals surface area contributed by atoms with E-state index in [-0.39, 0.29) is 0 Å². The molecule has 1 fully saturated rings. The van der Waals surface area contributed by atoms with E-state index in [1.807, 2.05) is 12.1 Å². The molecule has 1 radical (unpaired) electrons. The molecular weight excluding hydrogens is 258 g/mol. The van der Waals surface area contributed by atoms with Crippen molar-refractivity contribution < 1.29 is 4.74 Å². The summed E-state index contributed by atoms with van der Waals surface area (Å²) in [4.78, 5) is 2.48. The van der Waals surface area contributed by atoms with Crippen molar-refractivity contribution in [3.8, 4) is 5.75 Å². The summed E-state index contributed by atoms with van der Waals surface area (Å²) in [6, 6.07) is 18.3. The second-order valence-corrected chi connectivity index (χ2v) is 5.61. The predicted octanol–water partition coefficient (Wildman–Crippen LogP) is 3.88. The zero-order valence-electron chi connectivity index (χ0n) is 12.6. The number of hydrogen-bond donors (Lipinski definition) is 0. The summed E-state index contributed by atoms with van der Waals surface area (Å²) >= 11 is 0. The summed E-state index contributed by atoms with van der Waals surface area (Å²) in [5, 5.41) is 0. The van der Waals surface area contributed by atoms with Gasteiger partial charge in [0.15, 0.2) is 0 Å². The largest absolute Gasteiger partial charge is 0.497 e. The molecule has 2 aromatic carbocycles. The number of rotatable bonds is 5. The molecule has 0 aromatic heterocycles. The van der Waals surface area contributed by atoms with E-state index >= 15 is 0 Å². The lowest BCUT2D eigenvalue weighted by Gasteiger charge is -2.18. The van der Waals surface area contributed by atoms with Gasteiger partial charge in [-0.05, 0) is 67.1 Å². The Hall–Kier alpha value is -1.96. The van der Waals surface area contributed by atoms with Crippen LogP contribution in [0.25, 0.3) is 0 Å². The molecule has 0 amide bonds. The minimum absolute atomic E-state index is 0.918. The number of nitrogens with zero attached hydrogens (tertiary/aromatic N) is 1. The first-order valence-corrected chi connectivity index (χ1v) is 7.73. The molecule has 2 heteroatoms. The highest BCUT2D eigenvalue weighted by atomic mass is 16.5. The Morgan fingerprint density at radius 3 is 2.52 bits per heavy atom. The standard InChI is InChI=1S/C19H22NO/c1-21-19-11-9-16(10-12-19)7-8-17-5-4-6-18(15-17)20-13-2-3-14-20/h4,6,9-12,15H,2-3,7-8,13-14H2,1H3. The van der Waals surface area contributed by atoms with Crippen LogP contribution in [0, 0.1) is 6.07 Å². The summed E-state index contributed by atoms with van der Waals surface area (Å²) in [6.07, 6.45) is 4.72. The molecule has 0 unspecified atom stereocenters. The second kappa shape index (κ2) is 6.66. The van der Waals surface area contributed by atoms with Crippen molar-refractivity contribution in [2.45, 2.75) is 25.7 Å². The van der Waals surface area contributed by atoms with E-state index in [0.29, 0.717) is 0 Å². The number of methoxy groups -OCH3 is 1. The van der Waals surface area contributed by atoms with Crippen LogP contribution in [0.1, 0.15) is 24.0 Å². The maximum absolute atomic E-state index is 5.19. The first kappa shape index (κ1) is 14.0. The van der Waals surface area contributed by atoms with Crippen LogP contribution in [0.4, 0.5) is 5.69 Å². The third-order valence-corrected chi connectivity index (χ3v) is 4.16. The highest BCUT2D eigenvalue weighted by molar-refractivity contribution is 5.49. The molecule has 2 nitrogen and oxygen atoms in total. The molecule has 1 aliphatic heterocycles. The maximum Gasteiger partial charge on any atom is 0.118 e. The smallest absolute Gasteiger partial charge is 0.118 e. The lowest BCUT2D eigenvalue weighted by molar-refractivity contribution is 0.414. The van der Waals surface area contributed by atoms with E-state index in [1.165, 1.54) is 42.7 Å². The molecule has 1 heterocycles. The molecule has 0 saturated carbocycles. The van der Waals surface area contributed by atoms with E-state index in [2.05, 4.69) is 41.3 Å². The molecule has 0 spiro atoms. The van der Waals surface area contributed by atoms with Crippen LogP contribution in [0.3, 0.4) is 0 Å². The van der Waals surface area contributed by atoms with Gasteiger partial charge in [0, 0.05) is 18.8 Å². The minimum Gasteiger partial charge on any atom is -0.497 e. The molecule has 1 aliphatic rings. The van der Waals surface area contributed by atoms with Gasteiger partial charge in [0.25, 0.3) is 0 Å². The van der Waals surface area contributed by atoms with Gasteiger partial charge in [0.1, 0.15) is 5.75 Å². The molecule has 0 atom stereocenters. The molecule has 109 valence electrons. The normalized spacial score (nSPS) is 14.4. The van der Waals surface area contributed by atoms with Gasteiger partial charge in [-0.3, -0.25) is 0 Å². The number of anilines is 1. The predicted molar refractivity (Wildman–Crippen MR) is 87.1 cm³/mol. The van der Waals surface area contributed by atoms with Crippen molar-refractivity contribution >= 4 is 5.69 Å². The van der Waals surface area contributed by atoms with Gasteiger partial charge in [-0.2, -0.15) is 0 Å². The van der Waals surface area contributed by atoms with Crippen molar-refractivity contribution in [2.24, 2.45) is 0 Å². The molecule has 2 aromatic rings. The van der Waals surface area contributed by atoms with Crippen LogP contribution in [-0.2, 0) is 12.8 Å². The zero-order valence-corrected chi connectivity index (χ0v) is 12.6. The average molecular weight is 280 g/mol. The van der Waals surface area contributed by atoms with Crippen molar-refractivity contribution in [1.29, 1.82) is 0 Å². The Balaban J connectivity index is 1.62. The monoisotopic (exact) mass is 280 g/mol. The van der Waals surface area contributed by atoms with Crippen LogP contribution in [-0.4, -0.2) is 20.2 Å². The van der Waals surface area contributed by atoms with Gasteiger partial charge in [-0.25, -0.2) is 0 Å². The Morgan fingerprint density at radius 2 is 1.81 bits per heavy atom. The van der Waals surface area contributed by atoms with E-state index in [9.17, 15) is 0 Å². The first-order chi connectivity index (χ1) is 10.3. The Morgan fingerprint density at radius 1 is 1.05 bits per heavy atom. The number of benzene rings is 2. The molecule has 0 bridgehead atoms. The molecule has 3 rings (SSSR count). The quantitative estimate of drug-likeness (QED) is 0.824. The summed E-state index contributed by atoms with van der Waals surface area (Å²) < 4.78 is 5.19. The zero-order chi connectivity index (χ0) is 14.5. The minimum atomic E-state index is 0.918. The molecule has 21 heavy (non-hydrogen) atoms. The lowest BCUT2D eigenvalue weighted by atomic mass is 10.0. The van der Waals surface area contributed by atoms with Crippen LogP contribution in [0.5, 0.6) is 5.75 Å². The van der Waals surface area contributed by atoms with Gasteiger partial charge in [-0.1, -0.05) is 18.2 Å². The fourth-order valence-electron chi connectivity index (χ4n) is 2.89. The highest BCUT2D eigenvalue weighted by Crippen LogP contribution is 2.22. The maximum atomic E-state index is 5.19. The van der Waals surface area contributed by atoms with Gasteiger partial charge >= 0.3 is 0 Å². The average Bonchev–Trinajstić information content (AvgIpc) is 3.08. The van der Waals surface area contributed by atoms with Gasteiger partial charge in [-0.15, -0.1) is 0 Å². The van der Waals surface area contributed by atoms with Gasteiger partial charge in [0.05, 0.1) is 7.11 Å². The molecule has 1 saturated heterocycles. The van der Waals surface area contributed by atoms with Crippen LogP contribution in [0.15, 0.2) is 42.5 Å². The summed E-state index contributed by atoms with van der Waals surface area (Å²) in [5.41, 5.74) is 4.00. The molecule has 0 N–H and O–H groups in total. The Kier molecular flexibility index (Phi) is 4.44. The van der Waals surface area contributed by atoms with Gasteiger partial charge < -0.3 is 9.64 Å². The Bertz CT molecular complexity index is 570. The van der Waals surface area contributed by atoms with E-state index in [1.54, 1.807) is 7.11 Å². The second-order valence-electron chi connectivity index (χ2n) is 5.61. The third kappa shape index (κ3) is 3.57. The summed E-state index contributed by atoms with van der Waals surface area (Å²) in [6.45, 7) is 2.39. The lowest BCUT2D eigenvalue weighted by Crippen LogP contribution is -2.17. The molecule has 0 aliphatic carbocycles. The fraction of sp³-hybridized carbons (Fsp3) is 0.368. The fourth-order valence-corrected chi connectivity index (χ4v) is 2.89. The summed E-state index contributed by atoms with van der Waals surface area (Å²) in [7, 11) is 1.70. The number of ether oxygens (including phenoxy) is 1. The SMILES string of the molecule is COc1ccc(CCc2[c]ccc(N3CCCC3)c2)cc1. The Labute approximate surface area is 127 Å². The van der Waals surface area contributed by atoms with Crippen molar-refractivity contribution in [1.82, 2.24) is 0 Å². The van der Waals surface area contributed by atoms with Crippen molar-refractivity contribution in [3.05, 3.63) is 59.7 Å². The summed E-state index contributed by atoms with van der Waals surface area (Å²) in [5.74, 6) is 0.918. The highest BCUT2D eigenvalue weighted by Gasteiger charge is 2.12. The van der Waals surface area contributed by atoms with E-state index < -0.39 is 0 Å². The van der Waals surface area contributed by atoms with Crippen LogP contribution >= 0.6 is 0 Å². The van der Waals surface area contributed by atoms with Gasteiger partial charge in [0.2, 0.25) is 0 Å². The first-order valence-electron chi connectivity index (χ1n) is 7.73. The van der Waals surface area contributed by atoms with Crippen LogP contribution in [0.2, 0.25) is 0 Å². The number of hydrogen-bond acceptors (Lipinski definition) is 2. The topological polar surface area (TPSA) is 12.5 Å².